The summed E-state index contributed by atoms with van der Waals surface area (Å²) in [5.74, 6) is -0.527. The minimum atomic E-state index is -3.58. The fourth-order valence-electron chi connectivity index (χ4n) is 1.67. The maximum Gasteiger partial charge on any atom is 0.181 e. The van der Waals surface area contributed by atoms with Crippen molar-refractivity contribution in [3.05, 3.63) is 66.2 Å². The Morgan fingerprint density at radius 1 is 0.889 bits per heavy atom. The molecule has 4 heteroatoms. The van der Waals surface area contributed by atoms with E-state index in [1.165, 1.54) is 12.1 Å². The number of rotatable bonds is 4. The predicted octanol–water partition coefficient (Wildman–Crippen LogP) is 3.17. The Hall–Kier alpha value is -1.68. The van der Waals surface area contributed by atoms with Crippen LogP contribution in [0.25, 0.3) is 0 Å². The Kier molecular flexibility index (Phi) is 3.77. The Morgan fingerprint density at radius 2 is 1.39 bits per heavy atom. The van der Waals surface area contributed by atoms with Gasteiger partial charge in [0.15, 0.2) is 9.84 Å². The molecule has 0 radical (unpaired) electrons. The molecule has 0 aliphatic rings. The number of alkyl halides is 1. The topological polar surface area (TPSA) is 34.1 Å². The molecule has 0 spiro atoms. The Balaban J connectivity index is 2.20. The third kappa shape index (κ3) is 2.96. The van der Waals surface area contributed by atoms with E-state index in [2.05, 4.69) is 0 Å². The van der Waals surface area contributed by atoms with Crippen molar-refractivity contribution in [1.29, 1.82) is 0 Å². The van der Waals surface area contributed by atoms with Crippen LogP contribution in [0.3, 0.4) is 0 Å². The Labute approximate surface area is 106 Å². The zero-order chi connectivity index (χ0) is 13.0. The molecule has 0 saturated carbocycles. The first-order chi connectivity index (χ1) is 8.59. The molecular weight excluding hydrogens is 251 g/mol. The van der Waals surface area contributed by atoms with Crippen LogP contribution in [-0.2, 0) is 9.84 Å². The van der Waals surface area contributed by atoms with Crippen molar-refractivity contribution in [3.63, 3.8) is 0 Å². The number of halogens is 1. The second-order valence-corrected chi connectivity index (χ2v) is 6.01. The molecule has 0 bridgehead atoms. The SMILES string of the molecule is O=S(=O)(CC(F)c1ccccc1)c1ccccc1. The van der Waals surface area contributed by atoms with Crippen LogP contribution in [0.15, 0.2) is 65.6 Å². The van der Waals surface area contributed by atoms with Gasteiger partial charge in [0.05, 0.1) is 10.6 Å². The molecule has 0 aliphatic carbocycles. The lowest BCUT2D eigenvalue weighted by atomic mass is 10.1. The summed E-state index contributed by atoms with van der Waals surface area (Å²) in [6.45, 7) is 0. The number of sulfone groups is 1. The highest BCUT2D eigenvalue weighted by Gasteiger charge is 2.21. The van der Waals surface area contributed by atoms with Crippen LogP contribution in [0.5, 0.6) is 0 Å². The smallest absolute Gasteiger partial charge is 0.181 e. The molecule has 2 nitrogen and oxygen atoms in total. The van der Waals surface area contributed by atoms with Crippen LogP contribution in [0, 0.1) is 0 Å². The van der Waals surface area contributed by atoms with Gasteiger partial charge in [-0.1, -0.05) is 48.5 Å². The molecule has 2 rings (SSSR count). The molecular formula is C14H13FO2S. The van der Waals surface area contributed by atoms with E-state index >= 15 is 0 Å². The first-order valence-electron chi connectivity index (χ1n) is 5.56. The van der Waals surface area contributed by atoms with Crippen molar-refractivity contribution >= 4 is 9.84 Å². The van der Waals surface area contributed by atoms with E-state index < -0.39 is 21.8 Å². The number of hydrogen-bond donors (Lipinski definition) is 0. The predicted molar refractivity (Wildman–Crippen MR) is 68.8 cm³/mol. The highest BCUT2D eigenvalue weighted by Crippen LogP contribution is 2.22. The molecule has 94 valence electrons. The average Bonchev–Trinajstić information content (AvgIpc) is 2.40. The highest BCUT2D eigenvalue weighted by atomic mass is 32.2. The van der Waals surface area contributed by atoms with Gasteiger partial charge in [0.1, 0.15) is 6.17 Å². The van der Waals surface area contributed by atoms with Crippen LogP contribution in [0.2, 0.25) is 0 Å². The van der Waals surface area contributed by atoms with Gasteiger partial charge in [-0.05, 0) is 17.7 Å². The standard InChI is InChI=1S/C14H13FO2S/c15-14(12-7-3-1-4-8-12)11-18(16,17)13-9-5-2-6-10-13/h1-10,14H,11H2. The zero-order valence-electron chi connectivity index (χ0n) is 9.66. The molecule has 1 unspecified atom stereocenters. The number of benzene rings is 2. The second-order valence-electron chi connectivity index (χ2n) is 3.97. The molecule has 0 N–H and O–H groups in total. The van der Waals surface area contributed by atoms with E-state index in [4.69, 9.17) is 0 Å². The second kappa shape index (κ2) is 5.31. The van der Waals surface area contributed by atoms with Gasteiger partial charge in [0, 0.05) is 0 Å². The Bertz CT molecular complexity index is 594. The minimum absolute atomic E-state index is 0.156. The first kappa shape index (κ1) is 12.8. The third-order valence-corrected chi connectivity index (χ3v) is 4.35. The van der Waals surface area contributed by atoms with Gasteiger partial charge >= 0.3 is 0 Å². The maximum atomic E-state index is 13.9. The molecule has 2 aromatic rings. The zero-order valence-corrected chi connectivity index (χ0v) is 10.5. The van der Waals surface area contributed by atoms with Crippen molar-refractivity contribution < 1.29 is 12.8 Å². The average molecular weight is 264 g/mol. The monoisotopic (exact) mass is 264 g/mol. The van der Waals surface area contributed by atoms with Crippen molar-refractivity contribution in [3.8, 4) is 0 Å². The summed E-state index contributed by atoms with van der Waals surface area (Å²) in [6, 6.07) is 16.3. The highest BCUT2D eigenvalue weighted by molar-refractivity contribution is 7.91. The largest absolute Gasteiger partial charge is 0.241 e. The summed E-state index contributed by atoms with van der Waals surface area (Å²) in [4.78, 5) is 0.156. The van der Waals surface area contributed by atoms with Crippen LogP contribution in [0.4, 0.5) is 4.39 Å². The molecule has 1 atom stereocenters. The third-order valence-electron chi connectivity index (χ3n) is 2.63. The lowest BCUT2D eigenvalue weighted by molar-refractivity contribution is 0.374. The van der Waals surface area contributed by atoms with Crippen molar-refractivity contribution in [2.24, 2.45) is 0 Å². The maximum absolute atomic E-state index is 13.9. The lowest BCUT2D eigenvalue weighted by Gasteiger charge is -2.09. The number of hydrogen-bond acceptors (Lipinski definition) is 2. The van der Waals surface area contributed by atoms with Gasteiger partial charge in [0.2, 0.25) is 0 Å². The van der Waals surface area contributed by atoms with E-state index in [1.54, 1.807) is 48.5 Å². The molecule has 0 saturated heterocycles. The fourth-order valence-corrected chi connectivity index (χ4v) is 3.02. The molecule has 0 aromatic heterocycles. The van der Waals surface area contributed by atoms with Crippen LogP contribution >= 0.6 is 0 Å². The van der Waals surface area contributed by atoms with Gasteiger partial charge in [-0.15, -0.1) is 0 Å². The first-order valence-corrected chi connectivity index (χ1v) is 7.21. The quantitative estimate of drug-likeness (QED) is 0.850. The molecule has 0 aliphatic heterocycles. The molecule has 2 aromatic carbocycles. The molecule has 18 heavy (non-hydrogen) atoms. The van der Waals surface area contributed by atoms with E-state index in [0.717, 1.165) is 0 Å². The summed E-state index contributed by atoms with van der Waals surface area (Å²) in [7, 11) is -3.58. The van der Waals surface area contributed by atoms with E-state index in [1.807, 2.05) is 0 Å². The van der Waals surface area contributed by atoms with Gasteiger partial charge in [0.25, 0.3) is 0 Å². The Morgan fingerprint density at radius 3 is 1.94 bits per heavy atom. The van der Waals surface area contributed by atoms with E-state index in [0.29, 0.717) is 5.56 Å². The van der Waals surface area contributed by atoms with Gasteiger partial charge in [-0.25, -0.2) is 12.8 Å². The van der Waals surface area contributed by atoms with E-state index in [-0.39, 0.29) is 4.90 Å². The minimum Gasteiger partial charge on any atom is -0.241 e. The molecule has 0 heterocycles. The molecule has 0 fully saturated rings. The van der Waals surface area contributed by atoms with Crippen molar-refractivity contribution in [2.75, 3.05) is 5.75 Å². The summed E-state index contributed by atoms with van der Waals surface area (Å²) < 4.78 is 37.9. The fraction of sp³-hybridized carbons (Fsp3) is 0.143. The normalized spacial score (nSPS) is 13.2. The summed E-state index contributed by atoms with van der Waals surface area (Å²) in [5.41, 5.74) is 0.386. The van der Waals surface area contributed by atoms with Crippen molar-refractivity contribution in [2.45, 2.75) is 11.1 Å². The van der Waals surface area contributed by atoms with Crippen molar-refractivity contribution in [1.82, 2.24) is 0 Å². The van der Waals surface area contributed by atoms with E-state index in [9.17, 15) is 12.8 Å². The summed E-state index contributed by atoms with van der Waals surface area (Å²) in [5, 5.41) is 0. The molecule has 0 amide bonds. The van der Waals surface area contributed by atoms with Gasteiger partial charge in [-0.2, -0.15) is 0 Å². The van der Waals surface area contributed by atoms with Gasteiger partial charge in [-0.3, -0.25) is 0 Å². The lowest BCUT2D eigenvalue weighted by Crippen LogP contribution is -2.12. The van der Waals surface area contributed by atoms with Crippen LogP contribution in [0.1, 0.15) is 11.7 Å². The summed E-state index contributed by atoms with van der Waals surface area (Å²) >= 11 is 0. The van der Waals surface area contributed by atoms with Crippen LogP contribution in [-0.4, -0.2) is 14.2 Å². The van der Waals surface area contributed by atoms with Gasteiger partial charge < -0.3 is 0 Å². The summed E-state index contributed by atoms with van der Waals surface area (Å²) in [6.07, 6.45) is -1.50. The van der Waals surface area contributed by atoms with Crippen LogP contribution < -0.4 is 0 Å².